The van der Waals surface area contributed by atoms with Crippen molar-refractivity contribution in [3.63, 3.8) is 0 Å². The molecule has 0 saturated carbocycles. The van der Waals surface area contributed by atoms with Gasteiger partial charge in [0.15, 0.2) is 0 Å². The van der Waals surface area contributed by atoms with Gasteiger partial charge in [0.2, 0.25) is 5.91 Å². The van der Waals surface area contributed by atoms with Crippen molar-refractivity contribution >= 4 is 23.6 Å². The lowest BCUT2D eigenvalue weighted by atomic mass is 10.0. The number of hydrogen-bond acceptors (Lipinski definition) is 4. The first-order valence-electron chi connectivity index (χ1n) is 6.67. The monoisotopic (exact) mass is 296 g/mol. The van der Waals surface area contributed by atoms with Gasteiger partial charge >= 0.3 is 12.0 Å². The van der Waals surface area contributed by atoms with E-state index in [1.807, 2.05) is 6.92 Å². The Bertz CT molecular complexity index is 538. The average Bonchev–Trinajstić information content (AvgIpc) is 2.67. The molecule has 0 saturated heterocycles. The van der Waals surface area contributed by atoms with Crippen LogP contribution in [0.5, 0.6) is 0 Å². The van der Waals surface area contributed by atoms with Crippen LogP contribution in [0, 0.1) is 5.92 Å². The fraction of sp³-hybridized carbons (Fsp3) is 0.538. The second kappa shape index (κ2) is 7.41. The first-order valence-corrected chi connectivity index (χ1v) is 6.67. The Hall–Kier alpha value is -2.38. The molecule has 3 amide bonds. The van der Waals surface area contributed by atoms with Gasteiger partial charge in [0.1, 0.15) is 0 Å². The van der Waals surface area contributed by atoms with Gasteiger partial charge in [0.25, 0.3) is 0 Å². The maximum absolute atomic E-state index is 11.7. The average molecular weight is 296 g/mol. The standard InChI is InChI=1S/C13H20N4O4/c1-4-9-10(7-17(3)16-9)14-13(21)15-11(18)5-8(2)6-12(19)20/h7-8H,4-6H2,1-3H3,(H,19,20)(H2,14,15,18,21). The van der Waals surface area contributed by atoms with Crippen molar-refractivity contribution in [3.05, 3.63) is 11.9 Å². The summed E-state index contributed by atoms with van der Waals surface area (Å²) >= 11 is 0. The molecule has 0 aromatic carbocycles. The van der Waals surface area contributed by atoms with Gasteiger partial charge in [-0.2, -0.15) is 5.10 Å². The zero-order valence-electron chi connectivity index (χ0n) is 12.3. The highest BCUT2D eigenvalue weighted by molar-refractivity contribution is 6.01. The van der Waals surface area contributed by atoms with Gasteiger partial charge in [-0.25, -0.2) is 4.79 Å². The summed E-state index contributed by atoms with van der Waals surface area (Å²) in [4.78, 5) is 33.8. The van der Waals surface area contributed by atoms with E-state index in [9.17, 15) is 14.4 Å². The van der Waals surface area contributed by atoms with Crippen LogP contribution in [0.25, 0.3) is 0 Å². The summed E-state index contributed by atoms with van der Waals surface area (Å²) in [6.07, 6.45) is 2.17. The van der Waals surface area contributed by atoms with Crippen molar-refractivity contribution in [3.8, 4) is 0 Å². The van der Waals surface area contributed by atoms with Crippen molar-refractivity contribution in [2.75, 3.05) is 5.32 Å². The third kappa shape index (κ3) is 5.64. The minimum absolute atomic E-state index is 0.0204. The maximum atomic E-state index is 11.7. The summed E-state index contributed by atoms with van der Waals surface area (Å²) < 4.78 is 1.57. The first kappa shape index (κ1) is 16.7. The van der Waals surface area contributed by atoms with Gasteiger partial charge < -0.3 is 10.4 Å². The second-order valence-electron chi connectivity index (χ2n) is 4.93. The van der Waals surface area contributed by atoms with Gasteiger partial charge in [-0.1, -0.05) is 13.8 Å². The molecule has 1 rings (SSSR count). The van der Waals surface area contributed by atoms with Crippen LogP contribution >= 0.6 is 0 Å². The van der Waals surface area contributed by atoms with Crippen LogP contribution in [0.4, 0.5) is 10.5 Å². The summed E-state index contributed by atoms with van der Waals surface area (Å²) in [6, 6.07) is -0.648. The van der Waals surface area contributed by atoms with Gasteiger partial charge in [-0.05, 0) is 12.3 Å². The molecule has 1 aromatic heterocycles. The predicted octanol–water partition coefficient (Wildman–Crippen LogP) is 1.13. The molecule has 21 heavy (non-hydrogen) atoms. The molecule has 1 aromatic rings. The van der Waals surface area contributed by atoms with Gasteiger partial charge in [-0.3, -0.25) is 19.6 Å². The lowest BCUT2D eigenvalue weighted by Crippen LogP contribution is -2.35. The molecule has 0 spiro atoms. The highest BCUT2D eigenvalue weighted by Gasteiger charge is 2.16. The van der Waals surface area contributed by atoms with Crippen LogP contribution in [0.15, 0.2) is 6.20 Å². The number of carboxylic acids is 1. The summed E-state index contributed by atoms with van der Waals surface area (Å²) in [7, 11) is 1.74. The number of aromatic nitrogens is 2. The molecule has 0 fully saturated rings. The number of imide groups is 1. The number of nitrogens with one attached hydrogen (secondary N) is 2. The Morgan fingerprint density at radius 1 is 1.38 bits per heavy atom. The molecule has 1 atom stereocenters. The number of anilines is 1. The molecule has 0 aliphatic carbocycles. The number of carbonyl (C=O) groups excluding carboxylic acids is 2. The van der Waals surface area contributed by atoms with E-state index < -0.39 is 17.9 Å². The molecule has 1 unspecified atom stereocenters. The maximum Gasteiger partial charge on any atom is 0.325 e. The Morgan fingerprint density at radius 2 is 2.05 bits per heavy atom. The molecule has 0 aliphatic rings. The number of amides is 3. The van der Waals surface area contributed by atoms with E-state index >= 15 is 0 Å². The van der Waals surface area contributed by atoms with Gasteiger partial charge in [-0.15, -0.1) is 0 Å². The SMILES string of the molecule is CCc1nn(C)cc1NC(=O)NC(=O)CC(C)CC(=O)O. The Labute approximate surface area is 122 Å². The van der Waals surface area contributed by atoms with Crippen LogP contribution in [-0.2, 0) is 23.1 Å². The minimum Gasteiger partial charge on any atom is -0.481 e. The van der Waals surface area contributed by atoms with Crippen molar-refractivity contribution in [2.45, 2.75) is 33.1 Å². The van der Waals surface area contributed by atoms with Gasteiger partial charge in [0, 0.05) is 26.1 Å². The smallest absolute Gasteiger partial charge is 0.325 e. The lowest BCUT2D eigenvalue weighted by molar-refractivity contribution is -0.138. The lowest BCUT2D eigenvalue weighted by Gasteiger charge is -2.09. The van der Waals surface area contributed by atoms with E-state index in [-0.39, 0.29) is 18.8 Å². The normalized spacial score (nSPS) is 11.8. The first-order chi connectivity index (χ1) is 9.81. The van der Waals surface area contributed by atoms with E-state index in [0.29, 0.717) is 12.1 Å². The number of urea groups is 1. The number of rotatable bonds is 6. The number of nitrogens with zero attached hydrogens (tertiary/aromatic N) is 2. The summed E-state index contributed by atoms with van der Waals surface area (Å²) in [5.74, 6) is -1.81. The Kier molecular flexibility index (Phi) is 5.89. The third-order valence-corrected chi connectivity index (χ3v) is 2.80. The molecular formula is C13H20N4O4. The Morgan fingerprint density at radius 3 is 2.62 bits per heavy atom. The van der Waals surface area contributed by atoms with E-state index in [2.05, 4.69) is 15.7 Å². The zero-order valence-corrected chi connectivity index (χ0v) is 12.3. The minimum atomic E-state index is -0.970. The second-order valence-corrected chi connectivity index (χ2v) is 4.93. The molecule has 0 radical (unpaired) electrons. The fourth-order valence-electron chi connectivity index (χ4n) is 1.92. The number of aryl methyl sites for hydroxylation is 2. The van der Waals surface area contributed by atoms with Crippen molar-refractivity contribution < 1.29 is 19.5 Å². The van der Waals surface area contributed by atoms with Crippen LogP contribution in [0.1, 0.15) is 32.4 Å². The highest BCUT2D eigenvalue weighted by atomic mass is 16.4. The zero-order chi connectivity index (χ0) is 16.0. The van der Waals surface area contributed by atoms with Crippen LogP contribution < -0.4 is 10.6 Å². The summed E-state index contributed by atoms with van der Waals surface area (Å²) in [5.41, 5.74) is 1.27. The molecule has 1 heterocycles. The predicted molar refractivity (Wildman–Crippen MR) is 75.8 cm³/mol. The topological polar surface area (TPSA) is 113 Å². The largest absolute Gasteiger partial charge is 0.481 e. The summed E-state index contributed by atoms with van der Waals surface area (Å²) in [6.45, 7) is 3.55. The van der Waals surface area contributed by atoms with Crippen molar-refractivity contribution in [1.29, 1.82) is 0 Å². The number of hydrogen-bond donors (Lipinski definition) is 3. The van der Waals surface area contributed by atoms with Crippen molar-refractivity contribution in [1.82, 2.24) is 15.1 Å². The van der Waals surface area contributed by atoms with Crippen LogP contribution in [-0.4, -0.2) is 32.8 Å². The van der Waals surface area contributed by atoms with Crippen LogP contribution in [0.2, 0.25) is 0 Å². The van der Waals surface area contributed by atoms with Crippen LogP contribution in [0.3, 0.4) is 0 Å². The Balaban J connectivity index is 2.49. The number of aliphatic carboxylic acids is 1. The van der Waals surface area contributed by atoms with E-state index in [4.69, 9.17) is 5.11 Å². The van der Waals surface area contributed by atoms with E-state index in [1.54, 1.807) is 24.9 Å². The van der Waals surface area contributed by atoms with E-state index in [1.165, 1.54) is 0 Å². The fourth-order valence-corrected chi connectivity index (χ4v) is 1.92. The third-order valence-electron chi connectivity index (χ3n) is 2.80. The quantitative estimate of drug-likeness (QED) is 0.728. The molecule has 8 heteroatoms. The molecule has 8 nitrogen and oxygen atoms in total. The van der Waals surface area contributed by atoms with Crippen molar-refractivity contribution in [2.24, 2.45) is 13.0 Å². The van der Waals surface area contributed by atoms with Gasteiger partial charge in [0.05, 0.1) is 11.4 Å². The number of carboxylic acid groups (broad SMARTS) is 1. The molecular weight excluding hydrogens is 276 g/mol. The molecule has 3 N–H and O–H groups in total. The molecule has 0 aliphatic heterocycles. The summed E-state index contributed by atoms with van der Waals surface area (Å²) in [5, 5.41) is 17.5. The molecule has 116 valence electrons. The highest BCUT2D eigenvalue weighted by Crippen LogP contribution is 2.13. The number of carbonyl (C=O) groups is 3. The van der Waals surface area contributed by atoms with E-state index in [0.717, 1.165) is 5.69 Å². The molecule has 0 bridgehead atoms.